The van der Waals surface area contributed by atoms with Gasteiger partial charge in [-0.1, -0.05) is 17.3 Å². The van der Waals surface area contributed by atoms with Gasteiger partial charge in [0.1, 0.15) is 5.69 Å². The van der Waals surface area contributed by atoms with E-state index in [1.54, 1.807) is 16.8 Å². The summed E-state index contributed by atoms with van der Waals surface area (Å²) < 4.78 is 31.7. The SMILES string of the molecule is FC(F)c1nnc(-c2ccc(Cn3cc(-c4cccc5[nH]ccc45)nn3)nc2)o1. The van der Waals surface area contributed by atoms with Crippen LogP contribution in [0.1, 0.15) is 18.0 Å². The highest BCUT2D eigenvalue weighted by Gasteiger charge is 2.17. The van der Waals surface area contributed by atoms with Gasteiger partial charge in [0.15, 0.2) is 0 Å². The minimum Gasteiger partial charge on any atom is -0.415 e. The molecular formula is C19H13F2N7O. The summed E-state index contributed by atoms with van der Waals surface area (Å²) in [5.41, 5.74) is 3.97. The molecule has 4 aromatic heterocycles. The Kier molecular flexibility index (Phi) is 4.08. The van der Waals surface area contributed by atoms with Crippen molar-refractivity contribution < 1.29 is 13.2 Å². The number of halogens is 2. The molecule has 1 aromatic carbocycles. The minimum absolute atomic E-state index is 0.00184. The van der Waals surface area contributed by atoms with E-state index < -0.39 is 12.3 Å². The Morgan fingerprint density at radius 1 is 1.07 bits per heavy atom. The van der Waals surface area contributed by atoms with Gasteiger partial charge < -0.3 is 9.40 Å². The largest absolute Gasteiger partial charge is 0.415 e. The number of hydrogen-bond acceptors (Lipinski definition) is 6. The molecule has 0 aliphatic rings. The maximum atomic E-state index is 12.6. The highest BCUT2D eigenvalue weighted by atomic mass is 19.3. The molecule has 0 spiro atoms. The van der Waals surface area contributed by atoms with E-state index in [1.807, 2.05) is 36.7 Å². The lowest BCUT2D eigenvalue weighted by molar-refractivity contribution is 0.116. The number of nitrogens with zero attached hydrogens (tertiary/aromatic N) is 6. The number of H-pyrrole nitrogens is 1. The van der Waals surface area contributed by atoms with Crippen LogP contribution in [0.25, 0.3) is 33.6 Å². The third kappa shape index (κ3) is 3.24. The Morgan fingerprint density at radius 2 is 2.00 bits per heavy atom. The first-order chi connectivity index (χ1) is 14.2. The van der Waals surface area contributed by atoms with E-state index in [0.717, 1.165) is 27.9 Å². The Hall–Kier alpha value is -3.95. The van der Waals surface area contributed by atoms with Crippen molar-refractivity contribution in [2.45, 2.75) is 13.0 Å². The topological polar surface area (TPSA) is 98.3 Å². The monoisotopic (exact) mass is 393 g/mol. The lowest BCUT2D eigenvalue weighted by Crippen LogP contribution is -2.02. The van der Waals surface area contributed by atoms with Crippen LogP contribution in [0.2, 0.25) is 0 Å². The van der Waals surface area contributed by atoms with Gasteiger partial charge in [-0.15, -0.1) is 15.3 Å². The van der Waals surface area contributed by atoms with Crippen molar-refractivity contribution in [3.05, 3.63) is 66.6 Å². The van der Waals surface area contributed by atoms with Gasteiger partial charge in [0.2, 0.25) is 5.89 Å². The van der Waals surface area contributed by atoms with Gasteiger partial charge in [-0.2, -0.15) is 8.78 Å². The molecule has 0 unspecified atom stereocenters. The molecule has 29 heavy (non-hydrogen) atoms. The van der Waals surface area contributed by atoms with Gasteiger partial charge in [-0.3, -0.25) is 4.98 Å². The number of nitrogens with one attached hydrogen (secondary N) is 1. The fourth-order valence-electron chi connectivity index (χ4n) is 3.06. The van der Waals surface area contributed by atoms with E-state index in [9.17, 15) is 8.78 Å². The predicted octanol–water partition coefficient (Wildman–Crippen LogP) is 3.86. The molecule has 0 bridgehead atoms. The molecule has 0 saturated carbocycles. The van der Waals surface area contributed by atoms with Crippen molar-refractivity contribution in [3.8, 4) is 22.7 Å². The molecule has 0 atom stereocenters. The number of alkyl halides is 2. The van der Waals surface area contributed by atoms with Crippen molar-refractivity contribution in [1.82, 2.24) is 35.2 Å². The zero-order valence-electron chi connectivity index (χ0n) is 14.8. The molecule has 10 heteroatoms. The maximum Gasteiger partial charge on any atom is 0.314 e. The third-order valence-corrected chi connectivity index (χ3v) is 4.43. The number of benzene rings is 1. The van der Waals surface area contributed by atoms with E-state index in [2.05, 4.69) is 30.5 Å². The summed E-state index contributed by atoms with van der Waals surface area (Å²) in [6, 6.07) is 11.4. The lowest BCUT2D eigenvalue weighted by Gasteiger charge is -2.01. The average Bonchev–Trinajstić information content (AvgIpc) is 3.48. The number of fused-ring (bicyclic) bond motifs is 1. The maximum absolute atomic E-state index is 12.6. The number of hydrogen-bond donors (Lipinski definition) is 1. The summed E-state index contributed by atoms with van der Waals surface area (Å²) in [5, 5.41) is 16.4. The summed E-state index contributed by atoms with van der Waals surface area (Å²) in [6.45, 7) is 0.405. The normalized spacial score (nSPS) is 11.6. The molecule has 8 nitrogen and oxygen atoms in total. The van der Waals surface area contributed by atoms with Gasteiger partial charge in [0.25, 0.3) is 5.89 Å². The van der Waals surface area contributed by atoms with E-state index in [1.165, 1.54) is 6.20 Å². The highest BCUT2D eigenvalue weighted by molar-refractivity contribution is 5.93. The predicted molar refractivity (Wildman–Crippen MR) is 98.9 cm³/mol. The average molecular weight is 393 g/mol. The quantitative estimate of drug-likeness (QED) is 0.487. The van der Waals surface area contributed by atoms with Crippen molar-refractivity contribution in [1.29, 1.82) is 0 Å². The van der Waals surface area contributed by atoms with Crippen LogP contribution in [-0.4, -0.2) is 35.2 Å². The zero-order valence-corrected chi connectivity index (χ0v) is 14.8. The van der Waals surface area contributed by atoms with Crippen molar-refractivity contribution in [2.24, 2.45) is 0 Å². The van der Waals surface area contributed by atoms with Crippen LogP contribution in [0.5, 0.6) is 0 Å². The molecule has 4 heterocycles. The molecular weight excluding hydrogens is 380 g/mol. The fraction of sp³-hybridized carbons (Fsp3) is 0.105. The Bertz CT molecular complexity index is 1270. The molecule has 0 aliphatic heterocycles. The van der Waals surface area contributed by atoms with Crippen LogP contribution in [0.3, 0.4) is 0 Å². The Morgan fingerprint density at radius 3 is 2.79 bits per heavy atom. The van der Waals surface area contributed by atoms with Crippen LogP contribution in [-0.2, 0) is 6.54 Å². The minimum atomic E-state index is -2.80. The van der Waals surface area contributed by atoms with Crippen molar-refractivity contribution >= 4 is 10.9 Å². The third-order valence-electron chi connectivity index (χ3n) is 4.43. The summed E-state index contributed by atoms with van der Waals surface area (Å²) in [4.78, 5) is 7.50. The molecule has 5 rings (SSSR count). The molecule has 0 saturated heterocycles. The second-order valence-corrected chi connectivity index (χ2v) is 6.33. The van der Waals surface area contributed by atoms with Gasteiger partial charge >= 0.3 is 6.43 Å². The van der Waals surface area contributed by atoms with Crippen molar-refractivity contribution in [2.75, 3.05) is 0 Å². The first kappa shape index (κ1) is 17.2. The molecule has 0 radical (unpaired) electrons. The summed E-state index contributed by atoms with van der Waals surface area (Å²) >= 11 is 0. The smallest absolute Gasteiger partial charge is 0.314 e. The van der Waals surface area contributed by atoms with E-state index in [4.69, 9.17) is 4.42 Å². The van der Waals surface area contributed by atoms with Crippen LogP contribution >= 0.6 is 0 Å². The van der Waals surface area contributed by atoms with Crippen molar-refractivity contribution in [3.63, 3.8) is 0 Å². The zero-order chi connectivity index (χ0) is 19.8. The number of aromatic amines is 1. The second kappa shape index (κ2) is 6.89. The molecule has 0 aliphatic carbocycles. The first-order valence-electron chi connectivity index (χ1n) is 8.71. The highest BCUT2D eigenvalue weighted by Crippen LogP contribution is 2.26. The van der Waals surface area contributed by atoms with E-state index in [0.29, 0.717) is 12.1 Å². The summed E-state index contributed by atoms with van der Waals surface area (Å²) in [5.74, 6) is -0.710. The van der Waals surface area contributed by atoms with Gasteiger partial charge in [-0.05, 0) is 24.3 Å². The lowest BCUT2D eigenvalue weighted by atomic mass is 10.1. The molecule has 144 valence electrons. The van der Waals surface area contributed by atoms with E-state index in [-0.39, 0.29) is 5.89 Å². The molecule has 0 amide bonds. The summed E-state index contributed by atoms with van der Waals surface area (Å²) in [6.07, 6.45) is 2.43. The molecule has 0 fully saturated rings. The Labute approximate surface area is 162 Å². The number of rotatable bonds is 5. The summed E-state index contributed by atoms with van der Waals surface area (Å²) in [7, 11) is 0. The number of aromatic nitrogens is 7. The van der Waals surface area contributed by atoms with Crippen LogP contribution in [0.15, 0.2) is 59.4 Å². The second-order valence-electron chi connectivity index (χ2n) is 6.33. The van der Waals surface area contributed by atoms with Crippen LogP contribution in [0.4, 0.5) is 8.78 Å². The standard InChI is InChI=1S/C19H13F2N7O/c20-17(21)19-26-25-18(29-19)11-4-5-12(23-8-11)9-28-10-16(24-27-28)13-2-1-3-15-14(13)6-7-22-15/h1-8,10,17,22H,9H2. The van der Waals surface area contributed by atoms with Gasteiger partial charge in [0.05, 0.1) is 24.0 Å². The van der Waals surface area contributed by atoms with Crippen LogP contribution < -0.4 is 0 Å². The van der Waals surface area contributed by atoms with Gasteiger partial charge in [-0.25, -0.2) is 4.68 Å². The van der Waals surface area contributed by atoms with Gasteiger partial charge in [0, 0.05) is 28.9 Å². The molecule has 1 N–H and O–H groups in total. The first-order valence-corrected chi connectivity index (χ1v) is 8.71. The number of pyridine rings is 1. The molecule has 5 aromatic rings. The Balaban J connectivity index is 1.35. The van der Waals surface area contributed by atoms with E-state index >= 15 is 0 Å². The van der Waals surface area contributed by atoms with Crippen LogP contribution in [0, 0.1) is 0 Å². The fourth-order valence-corrected chi connectivity index (χ4v) is 3.06.